The molecule has 0 radical (unpaired) electrons. The SMILES string of the molecule is CC(=O)C1(C(C)C)C(C#N)(C#N)C1(C#N)C#N. The van der Waals surface area contributed by atoms with Crippen LogP contribution in [0.3, 0.4) is 0 Å². The smallest absolute Gasteiger partial charge is 0.191 e. The van der Waals surface area contributed by atoms with Crippen molar-refractivity contribution in [3.63, 3.8) is 0 Å². The van der Waals surface area contributed by atoms with Gasteiger partial charge in [-0.05, 0) is 12.8 Å². The topological polar surface area (TPSA) is 112 Å². The van der Waals surface area contributed by atoms with E-state index < -0.39 is 27.9 Å². The van der Waals surface area contributed by atoms with Gasteiger partial charge in [-0.2, -0.15) is 21.0 Å². The van der Waals surface area contributed by atoms with Gasteiger partial charge in [0.2, 0.25) is 0 Å². The Morgan fingerprint density at radius 3 is 1.29 bits per heavy atom. The zero-order valence-electron chi connectivity index (χ0n) is 9.77. The number of nitriles is 4. The zero-order valence-corrected chi connectivity index (χ0v) is 9.77. The molecule has 0 bridgehead atoms. The van der Waals surface area contributed by atoms with E-state index in [0.29, 0.717) is 0 Å². The summed E-state index contributed by atoms with van der Waals surface area (Å²) in [5, 5.41) is 36.6. The number of nitrogens with zero attached hydrogens (tertiary/aromatic N) is 4. The number of rotatable bonds is 2. The first-order chi connectivity index (χ1) is 7.88. The standard InChI is InChI=1S/C12H10N4O/c1-8(2)12(9(3)17)10(4-13,5-14)11(12,6-15)7-16/h8H,1-3H3. The minimum atomic E-state index is -1.86. The van der Waals surface area contributed by atoms with Gasteiger partial charge in [-0.1, -0.05) is 13.8 Å². The molecule has 0 aromatic heterocycles. The first-order valence-electron chi connectivity index (χ1n) is 5.04. The predicted molar refractivity (Wildman–Crippen MR) is 55.3 cm³/mol. The molecule has 84 valence electrons. The average Bonchev–Trinajstić information content (AvgIpc) is 2.87. The van der Waals surface area contributed by atoms with Crippen molar-refractivity contribution in [2.45, 2.75) is 20.8 Å². The quantitative estimate of drug-likeness (QED) is 0.704. The van der Waals surface area contributed by atoms with E-state index in [2.05, 4.69) is 0 Å². The van der Waals surface area contributed by atoms with Crippen LogP contribution in [0.2, 0.25) is 0 Å². The molecule has 0 heterocycles. The van der Waals surface area contributed by atoms with E-state index in [-0.39, 0.29) is 0 Å². The second-order valence-corrected chi connectivity index (χ2v) is 4.47. The molecule has 0 amide bonds. The number of hydrogen-bond acceptors (Lipinski definition) is 5. The number of carbonyl (C=O) groups is 1. The Morgan fingerprint density at radius 2 is 1.24 bits per heavy atom. The van der Waals surface area contributed by atoms with Gasteiger partial charge in [0.05, 0.1) is 24.3 Å². The highest BCUT2D eigenvalue weighted by atomic mass is 16.1. The van der Waals surface area contributed by atoms with Gasteiger partial charge in [0, 0.05) is 0 Å². The van der Waals surface area contributed by atoms with Gasteiger partial charge in [0.1, 0.15) is 11.2 Å². The van der Waals surface area contributed by atoms with Crippen LogP contribution in [0.1, 0.15) is 20.8 Å². The molecule has 1 aliphatic carbocycles. The molecule has 1 rings (SSSR count). The van der Waals surface area contributed by atoms with Crippen LogP contribution in [0, 0.1) is 67.5 Å². The highest BCUT2D eigenvalue weighted by Crippen LogP contribution is 2.80. The van der Waals surface area contributed by atoms with Crippen molar-refractivity contribution in [1.29, 1.82) is 21.0 Å². The van der Waals surface area contributed by atoms with Crippen LogP contribution < -0.4 is 0 Å². The third-order valence-corrected chi connectivity index (χ3v) is 3.78. The summed E-state index contributed by atoms with van der Waals surface area (Å²) >= 11 is 0. The summed E-state index contributed by atoms with van der Waals surface area (Å²) in [5.74, 6) is -0.891. The average molecular weight is 226 g/mol. The van der Waals surface area contributed by atoms with Crippen molar-refractivity contribution in [2.24, 2.45) is 22.2 Å². The molecule has 0 aromatic rings. The van der Waals surface area contributed by atoms with Crippen LogP contribution in [0.15, 0.2) is 0 Å². The second kappa shape index (κ2) is 3.31. The van der Waals surface area contributed by atoms with Gasteiger partial charge in [0.25, 0.3) is 0 Å². The summed E-state index contributed by atoms with van der Waals surface area (Å²) in [4.78, 5) is 11.8. The second-order valence-electron chi connectivity index (χ2n) is 4.47. The normalized spacial score (nSPS) is 21.4. The molecular formula is C12H10N4O. The summed E-state index contributed by atoms with van der Waals surface area (Å²) in [6.45, 7) is 4.50. The first kappa shape index (κ1) is 12.7. The Bertz CT molecular complexity index is 481. The maximum absolute atomic E-state index is 11.8. The molecule has 0 saturated heterocycles. The summed E-state index contributed by atoms with van der Waals surface area (Å²) in [6.07, 6.45) is 0. The number of Topliss-reactive ketones (excluding diaryl/α,β-unsaturated/α-hetero) is 1. The third kappa shape index (κ3) is 0.848. The Hall–Kier alpha value is -2.37. The van der Waals surface area contributed by atoms with E-state index in [1.165, 1.54) is 6.92 Å². The van der Waals surface area contributed by atoms with Crippen LogP contribution >= 0.6 is 0 Å². The van der Waals surface area contributed by atoms with E-state index in [9.17, 15) is 4.79 Å². The zero-order chi connectivity index (χ0) is 13.5. The molecule has 0 spiro atoms. The summed E-state index contributed by atoms with van der Waals surface area (Å²) in [5.41, 5.74) is -5.22. The number of carbonyl (C=O) groups excluding carboxylic acids is 1. The summed E-state index contributed by atoms with van der Waals surface area (Å²) in [7, 11) is 0. The number of ketones is 1. The van der Waals surface area contributed by atoms with Gasteiger partial charge in [0.15, 0.2) is 10.8 Å². The maximum atomic E-state index is 11.8. The van der Waals surface area contributed by atoms with Crippen molar-refractivity contribution in [1.82, 2.24) is 0 Å². The van der Waals surface area contributed by atoms with Gasteiger partial charge in [-0.3, -0.25) is 4.79 Å². The third-order valence-electron chi connectivity index (χ3n) is 3.78. The van der Waals surface area contributed by atoms with E-state index in [1.807, 2.05) is 0 Å². The van der Waals surface area contributed by atoms with Crippen molar-refractivity contribution < 1.29 is 4.79 Å². The molecule has 5 heteroatoms. The van der Waals surface area contributed by atoms with E-state index in [1.54, 1.807) is 38.1 Å². The van der Waals surface area contributed by atoms with E-state index in [4.69, 9.17) is 21.0 Å². The van der Waals surface area contributed by atoms with Crippen LogP contribution in [0.4, 0.5) is 0 Å². The molecule has 1 fully saturated rings. The Balaban J connectivity index is 3.75. The predicted octanol–water partition coefficient (Wildman–Crippen LogP) is 1.30. The van der Waals surface area contributed by atoms with Gasteiger partial charge >= 0.3 is 0 Å². The monoisotopic (exact) mass is 226 g/mol. The molecule has 0 aliphatic heterocycles. The Labute approximate surface area is 99.5 Å². The lowest BCUT2D eigenvalue weighted by Gasteiger charge is -2.18. The van der Waals surface area contributed by atoms with Crippen LogP contribution in [0.5, 0.6) is 0 Å². The molecule has 0 unspecified atom stereocenters. The molecule has 17 heavy (non-hydrogen) atoms. The lowest BCUT2D eigenvalue weighted by atomic mass is 9.79. The van der Waals surface area contributed by atoms with Crippen molar-refractivity contribution >= 4 is 5.78 Å². The van der Waals surface area contributed by atoms with Crippen molar-refractivity contribution in [3.8, 4) is 24.3 Å². The lowest BCUT2D eigenvalue weighted by Crippen LogP contribution is -2.28. The molecule has 0 N–H and O–H groups in total. The minimum absolute atomic E-state index is 0.432. The lowest BCUT2D eigenvalue weighted by molar-refractivity contribution is -0.125. The van der Waals surface area contributed by atoms with Gasteiger partial charge in [-0.15, -0.1) is 0 Å². The fourth-order valence-electron chi connectivity index (χ4n) is 3.13. The van der Waals surface area contributed by atoms with E-state index >= 15 is 0 Å². The van der Waals surface area contributed by atoms with Crippen molar-refractivity contribution in [2.75, 3.05) is 0 Å². The van der Waals surface area contributed by atoms with Crippen LogP contribution in [-0.2, 0) is 4.79 Å². The molecule has 0 aromatic carbocycles. The Morgan fingerprint density at radius 1 is 0.941 bits per heavy atom. The van der Waals surface area contributed by atoms with Crippen LogP contribution in [0.25, 0.3) is 0 Å². The van der Waals surface area contributed by atoms with E-state index in [0.717, 1.165) is 0 Å². The maximum Gasteiger partial charge on any atom is 0.191 e. The fourth-order valence-corrected chi connectivity index (χ4v) is 3.13. The molecule has 1 saturated carbocycles. The van der Waals surface area contributed by atoms with Crippen LogP contribution in [-0.4, -0.2) is 5.78 Å². The largest absolute Gasteiger partial charge is 0.299 e. The summed E-state index contributed by atoms with van der Waals surface area (Å²) < 4.78 is 0. The van der Waals surface area contributed by atoms with Gasteiger partial charge < -0.3 is 0 Å². The molecular weight excluding hydrogens is 216 g/mol. The van der Waals surface area contributed by atoms with Crippen molar-refractivity contribution in [3.05, 3.63) is 0 Å². The summed E-state index contributed by atoms with van der Waals surface area (Å²) in [6, 6.07) is 6.89. The molecule has 5 nitrogen and oxygen atoms in total. The highest BCUT2D eigenvalue weighted by Gasteiger charge is 2.94. The molecule has 0 atom stereocenters. The number of hydrogen-bond donors (Lipinski definition) is 0. The highest BCUT2D eigenvalue weighted by molar-refractivity contribution is 5.94. The Kier molecular flexibility index (Phi) is 2.47. The first-order valence-corrected chi connectivity index (χ1v) is 5.04. The molecule has 1 aliphatic rings. The fraction of sp³-hybridized carbons (Fsp3) is 0.583. The van der Waals surface area contributed by atoms with Gasteiger partial charge in [-0.25, -0.2) is 0 Å². The minimum Gasteiger partial charge on any atom is -0.299 e.